The third-order valence-corrected chi connectivity index (χ3v) is 3.86. The maximum atomic E-state index is 9.35. The molecule has 2 rings (SSSR count). The lowest BCUT2D eigenvalue weighted by atomic mass is 10.0. The van der Waals surface area contributed by atoms with Crippen molar-refractivity contribution in [3.63, 3.8) is 0 Å². The molecule has 3 nitrogen and oxygen atoms in total. The van der Waals surface area contributed by atoms with Crippen molar-refractivity contribution in [1.82, 2.24) is 5.32 Å². The van der Waals surface area contributed by atoms with E-state index in [4.69, 9.17) is 0 Å². The fourth-order valence-electron chi connectivity index (χ4n) is 2.78. The largest absolute Gasteiger partial charge is 0.395 e. The van der Waals surface area contributed by atoms with Gasteiger partial charge in [-0.2, -0.15) is 0 Å². The van der Waals surface area contributed by atoms with E-state index in [1.54, 1.807) is 0 Å². The second kappa shape index (κ2) is 5.72. The molecule has 1 aliphatic rings. The lowest BCUT2D eigenvalue weighted by Gasteiger charge is -2.41. The Labute approximate surface area is 110 Å². The van der Waals surface area contributed by atoms with Crippen LogP contribution in [0.25, 0.3) is 0 Å². The van der Waals surface area contributed by atoms with Crippen LogP contribution in [0.15, 0.2) is 18.2 Å². The summed E-state index contributed by atoms with van der Waals surface area (Å²) in [7, 11) is 0. The van der Waals surface area contributed by atoms with Crippen LogP contribution < -0.4 is 10.2 Å². The van der Waals surface area contributed by atoms with Crippen molar-refractivity contribution in [2.24, 2.45) is 0 Å². The molecule has 1 aromatic carbocycles. The Bertz CT molecular complexity index is 405. The van der Waals surface area contributed by atoms with Crippen LogP contribution in [-0.4, -0.2) is 36.9 Å². The second-order valence-electron chi connectivity index (χ2n) is 5.23. The highest BCUT2D eigenvalue weighted by atomic mass is 16.3. The maximum Gasteiger partial charge on any atom is 0.0601 e. The molecule has 1 fully saturated rings. The lowest BCUT2D eigenvalue weighted by Crippen LogP contribution is -2.57. The van der Waals surface area contributed by atoms with E-state index in [0.29, 0.717) is 6.04 Å². The fraction of sp³-hybridized carbons (Fsp3) is 0.600. The molecule has 1 aromatic rings. The zero-order valence-electron chi connectivity index (χ0n) is 11.6. The van der Waals surface area contributed by atoms with E-state index in [1.807, 2.05) is 0 Å². The number of hydrogen-bond acceptors (Lipinski definition) is 3. The average Bonchev–Trinajstić information content (AvgIpc) is 2.39. The van der Waals surface area contributed by atoms with Crippen LogP contribution in [0.1, 0.15) is 25.0 Å². The number of rotatable bonds is 3. The van der Waals surface area contributed by atoms with E-state index < -0.39 is 0 Å². The molecular weight excluding hydrogens is 224 g/mol. The summed E-state index contributed by atoms with van der Waals surface area (Å²) in [5, 5.41) is 12.7. The van der Waals surface area contributed by atoms with Crippen molar-refractivity contribution in [2.75, 3.05) is 24.6 Å². The van der Waals surface area contributed by atoms with Crippen molar-refractivity contribution in [3.05, 3.63) is 29.3 Å². The van der Waals surface area contributed by atoms with E-state index in [-0.39, 0.29) is 12.6 Å². The van der Waals surface area contributed by atoms with E-state index in [1.165, 1.54) is 16.8 Å². The van der Waals surface area contributed by atoms with E-state index in [0.717, 1.165) is 19.5 Å². The first-order valence-electron chi connectivity index (χ1n) is 6.86. The molecule has 0 amide bonds. The molecule has 2 unspecified atom stereocenters. The highest BCUT2D eigenvalue weighted by Gasteiger charge is 2.26. The predicted octanol–water partition coefficient (Wildman–Crippen LogP) is 1.72. The number of benzene rings is 1. The van der Waals surface area contributed by atoms with Crippen molar-refractivity contribution in [1.29, 1.82) is 0 Å². The number of nitrogens with one attached hydrogen (secondary N) is 1. The standard InChI is InChI=1S/C15H24N2O/c1-4-13-7-5-6-11(2)15(13)17-9-14(10-18)16-8-12(17)3/h5-7,12,14,16,18H,4,8-10H2,1-3H3. The molecule has 1 heterocycles. The van der Waals surface area contributed by atoms with Gasteiger partial charge in [-0.15, -0.1) is 0 Å². The molecule has 0 bridgehead atoms. The minimum Gasteiger partial charge on any atom is -0.395 e. The Hall–Kier alpha value is -1.06. The molecule has 2 atom stereocenters. The smallest absolute Gasteiger partial charge is 0.0601 e. The summed E-state index contributed by atoms with van der Waals surface area (Å²) in [5.74, 6) is 0. The number of hydrogen-bond donors (Lipinski definition) is 2. The SMILES string of the molecule is CCc1cccc(C)c1N1CC(CO)NCC1C. The van der Waals surface area contributed by atoms with Crippen LogP contribution in [0.4, 0.5) is 5.69 Å². The van der Waals surface area contributed by atoms with Crippen molar-refractivity contribution < 1.29 is 5.11 Å². The number of nitrogens with zero attached hydrogens (tertiary/aromatic N) is 1. The van der Waals surface area contributed by atoms with Crippen LogP contribution in [0, 0.1) is 6.92 Å². The van der Waals surface area contributed by atoms with Gasteiger partial charge in [0.15, 0.2) is 0 Å². The van der Waals surface area contributed by atoms with Gasteiger partial charge in [0.1, 0.15) is 0 Å². The zero-order valence-corrected chi connectivity index (χ0v) is 11.6. The highest BCUT2D eigenvalue weighted by molar-refractivity contribution is 5.60. The summed E-state index contributed by atoms with van der Waals surface area (Å²) in [4.78, 5) is 2.45. The molecule has 0 aliphatic carbocycles. The number of aryl methyl sites for hydroxylation is 2. The van der Waals surface area contributed by atoms with Gasteiger partial charge in [0.2, 0.25) is 0 Å². The summed E-state index contributed by atoms with van der Waals surface area (Å²) >= 11 is 0. The van der Waals surface area contributed by atoms with E-state index in [9.17, 15) is 5.11 Å². The number of aliphatic hydroxyl groups is 1. The van der Waals surface area contributed by atoms with Gasteiger partial charge in [-0.1, -0.05) is 25.1 Å². The first kappa shape index (κ1) is 13.4. The van der Waals surface area contributed by atoms with Gasteiger partial charge < -0.3 is 15.3 Å². The molecule has 2 N–H and O–H groups in total. The van der Waals surface area contributed by atoms with E-state index in [2.05, 4.69) is 49.2 Å². The Kier molecular flexibility index (Phi) is 4.25. The molecule has 0 radical (unpaired) electrons. The van der Waals surface area contributed by atoms with Gasteiger partial charge in [-0.25, -0.2) is 0 Å². The summed E-state index contributed by atoms with van der Waals surface area (Å²) in [6.45, 7) is 8.65. The van der Waals surface area contributed by atoms with Crippen LogP contribution in [0.5, 0.6) is 0 Å². The fourth-order valence-corrected chi connectivity index (χ4v) is 2.78. The predicted molar refractivity (Wildman–Crippen MR) is 76.2 cm³/mol. The third kappa shape index (κ3) is 2.52. The van der Waals surface area contributed by atoms with Crippen LogP contribution in [0.3, 0.4) is 0 Å². The van der Waals surface area contributed by atoms with Crippen molar-refractivity contribution in [3.8, 4) is 0 Å². The number of piperazine rings is 1. The summed E-state index contributed by atoms with van der Waals surface area (Å²) in [6.07, 6.45) is 1.05. The lowest BCUT2D eigenvalue weighted by molar-refractivity contribution is 0.227. The van der Waals surface area contributed by atoms with Gasteiger partial charge >= 0.3 is 0 Å². The second-order valence-corrected chi connectivity index (χ2v) is 5.23. The van der Waals surface area contributed by atoms with Gasteiger partial charge in [0.05, 0.1) is 6.61 Å². The average molecular weight is 248 g/mol. The molecule has 18 heavy (non-hydrogen) atoms. The highest BCUT2D eigenvalue weighted by Crippen LogP contribution is 2.28. The number of para-hydroxylation sites is 1. The molecular formula is C15H24N2O. The Morgan fingerprint density at radius 3 is 2.89 bits per heavy atom. The van der Waals surface area contributed by atoms with Crippen LogP contribution >= 0.6 is 0 Å². The molecule has 1 aliphatic heterocycles. The molecule has 0 spiro atoms. The maximum absolute atomic E-state index is 9.35. The molecule has 3 heteroatoms. The minimum atomic E-state index is 0.186. The van der Waals surface area contributed by atoms with E-state index >= 15 is 0 Å². The van der Waals surface area contributed by atoms with Crippen molar-refractivity contribution in [2.45, 2.75) is 39.3 Å². The Morgan fingerprint density at radius 2 is 2.22 bits per heavy atom. The molecule has 0 aromatic heterocycles. The summed E-state index contributed by atoms with van der Waals surface area (Å²) < 4.78 is 0. The molecule has 0 saturated carbocycles. The molecule has 100 valence electrons. The van der Waals surface area contributed by atoms with Gasteiger partial charge in [0, 0.05) is 30.9 Å². The monoisotopic (exact) mass is 248 g/mol. The number of anilines is 1. The topological polar surface area (TPSA) is 35.5 Å². The Balaban J connectivity index is 2.34. The van der Waals surface area contributed by atoms with Gasteiger partial charge in [0.25, 0.3) is 0 Å². The van der Waals surface area contributed by atoms with Crippen LogP contribution in [0.2, 0.25) is 0 Å². The molecule has 1 saturated heterocycles. The van der Waals surface area contributed by atoms with Gasteiger partial charge in [-0.05, 0) is 31.4 Å². The Morgan fingerprint density at radius 1 is 1.44 bits per heavy atom. The number of aliphatic hydroxyl groups excluding tert-OH is 1. The van der Waals surface area contributed by atoms with Gasteiger partial charge in [-0.3, -0.25) is 0 Å². The van der Waals surface area contributed by atoms with Crippen molar-refractivity contribution >= 4 is 5.69 Å². The van der Waals surface area contributed by atoms with Crippen LogP contribution in [-0.2, 0) is 6.42 Å². The minimum absolute atomic E-state index is 0.186. The normalized spacial score (nSPS) is 24.3. The quantitative estimate of drug-likeness (QED) is 0.855. The first-order chi connectivity index (χ1) is 8.67. The summed E-state index contributed by atoms with van der Waals surface area (Å²) in [5.41, 5.74) is 4.10. The first-order valence-corrected chi connectivity index (χ1v) is 6.86. The third-order valence-electron chi connectivity index (χ3n) is 3.86. The summed E-state index contributed by atoms with van der Waals surface area (Å²) in [6, 6.07) is 7.18. The zero-order chi connectivity index (χ0) is 13.1.